The van der Waals surface area contributed by atoms with Crippen molar-refractivity contribution in [3.8, 4) is 0 Å². The Morgan fingerprint density at radius 1 is 0.411 bits per heavy atom. The fraction of sp³-hybridized carbons (Fsp3) is 0.845. The molecule has 17 atom stereocenters. The van der Waals surface area contributed by atoms with Gasteiger partial charge in [0, 0.05) is 6.42 Å². The molecule has 0 aromatic rings. The van der Waals surface area contributed by atoms with Crippen LogP contribution in [0.2, 0.25) is 0 Å². The van der Waals surface area contributed by atoms with E-state index >= 15 is 0 Å². The molecule has 19 nitrogen and oxygen atoms in total. The largest absolute Gasteiger partial charge is 0.394 e. The summed E-state index contributed by atoms with van der Waals surface area (Å²) >= 11 is 0. The number of aliphatic hydroxyl groups excluding tert-OH is 11. The average Bonchev–Trinajstić information content (AvgIpc) is 1.11. The molecule has 0 radical (unpaired) electrons. The van der Waals surface area contributed by atoms with E-state index in [9.17, 15) is 61.0 Å². The highest BCUT2D eigenvalue weighted by atomic mass is 16.8. The molecule has 3 aliphatic rings. The Balaban J connectivity index is 1.23. The average molecular weight is 1280 g/mol. The molecule has 0 aromatic heterocycles. The van der Waals surface area contributed by atoms with Gasteiger partial charge < -0.3 is 89.9 Å². The van der Waals surface area contributed by atoms with E-state index in [0.717, 1.165) is 77.0 Å². The molecule has 0 bridgehead atoms. The smallest absolute Gasteiger partial charge is 0.220 e. The van der Waals surface area contributed by atoms with Gasteiger partial charge in [0.1, 0.15) is 73.2 Å². The highest BCUT2D eigenvalue weighted by Gasteiger charge is 2.53. The van der Waals surface area contributed by atoms with Crippen LogP contribution in [0.3, 0.4) is 0 Å². The van der Waals surface area contributed by atoms with Crippen molar-refractivity contribution in [1.29, 1.82) is 0 Å². The number of allylic oxidation sites excluding steroid dienone is 9. The van der Waals surface area contributed by atoms with Crippen molar-refractivity contribution < 1.29 is 89.4 Å². The van der Waals surface area contributed by atoms with E-state index in [4.69, 9.17) is 28.4 Å². The van der Waals surface area contributed by atoms with Crippen LogP contribution >= 0.6 is 0 Å². The first-order valence-electron chi connectivity index (χ1n) is 35.5. The Morgan fingerprint density at radius 2 is 0.767 bits per heavy atom. The van der Waals surface area contributed by atoms with Crippen LogP contribution in [0, 0.1) is 0 Å². The maximum absolute atomic E-state index is 13.3. The second-order valence-electron chi connectivity index (χ2n) is 25.3. The first-order chi connectivity index (χ1) is 43.8. The molecule has 0 aliphatic carbocycles. The Bertz CT molecular complexity index is 1870. The zero-order valence-corrected chi connectivity index (χ0v) is 55.4. The molecule has 3 fully saturated rings. The van der Waals surface area contributed by atoms with Crippen molar-refractivity contribution in [2.24, 2.45) is 0 Å². The number of hydrogen-bond acceptors (Lipinski definition) is 18. The second kappa shape index (κ2) is 52.7. The second-order valence-corrected chi connectivity index (χ2v) is 25.3. The molecule has 3 saturated heterocycles. The molecular formula is C71H127NO18. The molecule has 3 aliphatic heterocycles. The molecule has 0 spiro atoms. The van der Waals surface area contributed by atoms with Crippen LogP contribution in [-0.4, -0.2) is 193 Å². The topological polar surface area (TPSA) is 307 Å². The number of aliphatic hydroxyl groups is 11. The van der Waals surface area contributed by atoms with Crippen LogP contribution in [0.1, 0.15) is 251 Å². The van der Waals surface area contributed by atoms with E-state index < -0.39 is 124 Å². The Kier molecular flexibility index (Phi) is 47.9. The van der Waals surface area contributed by atoms with Gasteiger partial charge in [-0.15, -0.1) is 0 Å². The molecule has 17 unspecified atom stereocenters. The molecule has 90 heavy (non-hydrogen) atoms. The first-order valence-corrected chi connectivity index (χ1v) is 35.5. The van der Waals surface area contributed by atoms with Crippen molar-refractivity contribution in [3.05, 3.63) is 60.8 Å². The van der Waals surface area contributed by atoms with Crippen molar-refractivity contribution in [2.75, 3.05) is 26.4 Å². The number of carbonyl (C=O) groups is 1. The summed E-state index contributed by atoms with van der Waals surface area (Å²) in [7, 11) is 0. The number of hydrogen-bond donors (Lipinski definition) is 12. The molecule has 1 amide bonds. The van der Waals surface area contributed by atoms with Crippen LogP contribution in [0.15, 0.2) is 60.8 Å². The maximum atomic E-state index is 13.3. The predicted molar refractivity (Wildman–Crippen MR) is 351 cm³/mol. The summed E-state index contributed by atoms with van der Waals surface area (Å²) in [6, 6.07) is -0.968. The summed E-state index contributed by atoms with van der Waals surface area (Å²) in [5, 5.41) is 120. The van der Waals surface area contributed by atoms with E-state index in [-0.39, 0.29) is 18.9 Å². The van der Waals surface area contributed by atoms with Crippen LogP contribution in [0.4, 0.5) is 0 Å². The molecule has 19 heteroatoms. The first kappa shape index (κ1) is 81.7. The standard InChI is InChI=1S/C71H127NO18/c1-3-5-7-9-11-12-13-14-15-16-17-18-19-20-21-22-23-24-25-26-27-28-29-30-31-32-33-34-35-36-37-38-39-40-41-42-43-45-47-49-59(77)72-54(55(76)48-46-44-10-8-6-4-2)53-85-69-65(83)62(80)67(57(51-74)87-69)90-71-66(84)63(81)68(58(52-75)88-71)89-70-64(82)61(79)60(78)56(50-73)86-70/h5,7,11-12,14-15,17-18,46,48,54-58,60-71,73-76,78-84H,3-4,6,8-10,13,16,19-45,47,49-53H2,1-2H3,(H,72,77)/b7-5-,12-11-,15-14-,18-17-,48-46+. The molecule has 0 aromatic carbocycles. The van der Waals surface area contributed by atoms with E-state index in [1.54, 1.807) is 6.08 Å². The van der Waals surface area contributed by atoms with Gasteiger partial charge in [-0.1, -0.05) is 248 Å². The molecule has 3 heterocycles. The van der Waals surface area contributed by atoms with Crippen molar-refractivity contribution >= 4 is 5.91 Å². The van der Waals surface area contributed by atoms with E-state index in [0.29, 0.717) is 6.42 Å². The molecule has 0 saturated carbocycles. The minimum Gasteiger partial charge on any atom is -0.394 e. The zero-order chi connectivity index (χ0) is 65.4. The van der Waals surface area contributed by atoms with Crippen molar-refractivity contribution in [3.63, 3.8) is 0 Å². The summed E-state index contributed by atoms with van der Waals surface area (Å²) < 4.78 is 34.2. The quantitative estimate of drug-likeness (QED) is 0.0199. The number of unbranched alkanes of at least 4 members (excludes halogenated alkanes) is 30. The predicted octanol–water partition coefficient (Wildman–Crippen LogP) is 9.55. The lowest BCUT2D eigenvalue weighted by atomic mass is 9.96. The lowest BCUT2D eigenvalue weighted by Gasteiger charge is -2.48. The van der Waals surface area contributed by atoms with Gasteiger partial charge in [0.2, 0.25) is 5.91 Å². The summed E-state index contributed by atoms with van der Waals surface area (Å²) in [6.45, 7) is 1.52. The summed E-state index contributed by atoms with van der Waals surface area (Å²) in [5.74, 6) is -0.279. The minimum atomic E-state index is -1.98. The SMILES string of the molecule is CC/C=C\C/C=C\C/C=C\C/C=C\CCCCCCCCCCCCCCCCCCCCCCCCCCCCC(=O)NC(COC1OC(CO)C(OC2OC(CO)C(OC3OC(CO)C(O)C(O)C3O)C(O)C2O)C(O)C1O)C(O)/C=C/CCCCCC. The van der Waals surface area contributed by atoms with E-state index in [1.807, 2.05) is 6.08 Å². The van der Waals surface area contributed by atoms with E-state index in [2.05, 4.69) is 67.8 Å². The number of rotatable bonds is 54. The van der Waals surface area contributed by atoms with Gasteiger partial charge in [0.25, 0.3) is 0 Å². The Labute approximate surface area is 541 Å². The van der Waals surface area contributed by atoms with Gasteiger partial charge in [-0.2, -0.15) is 0 Å². The minimum absolute atomic E-state index is 0.245. The molecule has 3 rings (SSSR count). The summed E-state index contributed by atoms with van der Waals surface area (Å²) in [4.78, 5) is 13.3. The maximum Gasteiger partial charge on any atom is 0.220 e. The van der Waals surface area contributed by atoms with Crippen LogP contribution < -0.4 is 5.32 Å². The number of ether oxygens (including phenoxy) is 6. The van der Waals surface area contributed by atoms with Crippen LogP contribution in [-0.2, 0) is 33.2 Å². The highest BCUT2D eigenvalue weighted by molar-refractivity contribution is 5.76. The van der Waals surface area contributed by atoms with Crippen LogP contribution in [0.25, 0.3) is 0 Å². The highest BCUT2D eigenvalue weighted by Crippen LogP contribution is 2.33. The molecule has 12 N–H and O–H groups in total. The third kappa shape index (κ3) is 34.2. The summed E-state index contributed by atoms with van der Waals surface area (Å²) in [6.07, 6.45) is 38.8. The Hall–Kier alpha value is -2.51. The fourth-order valence-corrected chi connectivity index (χ4v) is 11.8. The molecule has 524 valence electrons. The summed E-state index contributed by atoms with van der Waals surface area (Å²) in [5.41, 5.74) is 0. The van der Waals surface area contributed by atoms with Gasteiger partial charge in [0.15, 0.2) is 18.9 Å². The Morgan fingerprint density at radius 3 is 1.20 bits per heavy atom. The fourth-order valence-electron chi connectivity index (χ4n) is 11.8. The zero-order valence-electron chi connectivity index (χ0n) is 55.4. The van der Waals surface area contributed by atoms with Gasteiger partial charge in [-0.3, -0.25) is 4.79 Å². The lowest BCUT2D eigenvalue weighted by Crippen LogP contribution is -2.66. The monoisotopic (exact) mass is 1280 g/mol. The number of nitrogens with one attached hydrogen (secondary N) is 1. The van der Waals surface area contributed by atoms with Gasteiger partial charge in [0.05, 0.1) is 38.6 Å². The van der Waals surface area contributed by atoms with Gasteiger partial charge in [-0.05, 0) is 57.8 Å². The normalized spacial score (nSPS) is 28.4. The van der Waals surface area contributed by atoms with Crippen molar-refractivity contribution in [1.82, 2.24) is 5.32 Å². The van der Waals surface area contributed by atoms with Gasteiger partial charge in [-0.25, -0.2) is 0 Å². The number of carbonyl (C=O) groups excluding carboxylic acids is 1. The third-order valence-electron chi connectivity index (χ3n) is 17.6. The van der Waals surface area contributed by atoms with E-state index in [1.165, 1.54) is 148 Å². The number of amides is 1. The van der Waals surface area contributed by atoms with Crippen molar-refractivity contribution in [2.45, 2.75) is 356 Å². The lowest BCUT2D eigenvalue weighted by molar-refractivity contribution is -0.379. The third-order valence-corrected chi connectivity index (χ3v) is 17.6. The van der Waals surface area contributed by atoms with Gasteiger partial charge >= 0.3 is 0 Å². The van der Waals surface area contributed by atoms with Crippen LogP contribution in [0.5, 0.6) is 0 Å². The molecular weight excluding hydrogens is 1150 g/mol.